The Hall–Kier alpha value is -1.74. The van der Waals surface area contributed by atoms with Gasteiger partial charge >= 0.3 is 0 Å². The maximum absolute atomic E-state index is 13.4. The number of ketones is 2. The Bertz CT molecular complexity index is 790. The average Bonchev–Trinajstić information content (AvgIpc) is 3.00. The molecule has 8 nitrogen and oxygen atoms in total. The molecule has 1 aliphatic carbocycles. The fourth-order valence-electron chi connectivity index (χ4n) is 5.46. The van der Waals surface area contributed by atoms with E-state index in [1.807, 2.05) is 4.90 Å². The fourth-order valence-corrected chi connectivity index (χ4v) is 5.46. The molecular weight excluding hydrogens is 338 g/mol. The summed E-state index contributed by atoms with van der Waals surface area (Å²) in [5.74, 6) is -0.956. The number of rotatable bonds is 3. The number of allylic oxidation sites excluding steroid dienone is 2. The first-order valence-corrected chi connectivity index (χ1v) is 9.12. The summed E-state index contributed by atoms with van der Waals surface area (Å²) in [6.45, 7) is 2.91. The van der Waals surface area contributed by atoms with E-state index in [-0.39, 0.29) is 30.3 Å². The summed E-state index contributed by atoms with van der Waals surface area (Å²) in [7, 11) is 1.57. The van der Waals surface area contributed by atoms with Crippen molar-refractivity contribution in [3.05, 3.63) is 22.5 Å². The first kappa shape index (κ1) is 16.4. The van der Waals surface area contributed by atoms with Crippen LogP contribution in [0.25, 0.3) is 0 Å². The number of piperazine rings is 1. The Labute approximate surface area is 151 Å². The number of hydrogen-bond acceptors (Lipinski definition) is 8. The number of carbonyl (C=O) groups is 2. The average molecular weight is 361 g/mol. The highest BCUT2D eigenvalue weighted by Gasteiger charge is 2.72. The smallest absolute Gasteiger partial charge is 0.208 e. The molecule has 0 aromatic rings. The molecule has 3 N–H and O–H groups in total. The van der Waals surface area contributed by atoms with Gasteiger partial charge in [-0.2, -0.15) is 0 Å². The van der Waals surface area contributed by atoms with Gasteiger partial charge in [0, 0.05) is 43.9 Å². The van der Waals surface area contributed by atoms with Crippen LogP contribution in [-0.2, 0) is 14.3 Å². The van der Waals surface area contributed by atoms with Crippen LogP contribution in [0.4, 0.5) is 0 Å². The molecule has 5 unspecified atom stereocenters. The lowest BCUT2D eigenvalue weighted by Crippen LogP contribution is -2.54. The second-order valence-corrected chi connectivity index (χ2v) is 7.84. The molecule has 0 amide bonds. The number of nitrogens with zero attached hydrogens (tertiary/aromatic N) is 2. The van der Waals surface area contributed by atoms with Gasteiger partial charge < -0.3 is 30.1 Å². The highest BCUT2D eigenvalue weighted by Crippen LogP contribution is 2.55. The highest BCUT2D eigenvalue weighted by atomic mass is 16.5. The molecule has 26 heavy (non-hydrogen) atoms. The van der Waals surface area contributed by atoms with Crippen molar-refractivity contribution in [2.75, 3.05) is 33.4 Å². The molecule has 4 aliphatic heterocycles. The highest BCUT2D eigenvalue weighted by molar-refractivity contribution is 6.25. The number of likely N-dealkylation sites (tertiary alicyclic amines) is 1. The summed E-state index contributed by atoms with van der Waals surface area (Å²) in [6.07, 6.45) is 0.0886. The molecule has 140 valence electrons. The van der Waals surface area contributed by atoms with E-state index < -0.39 is 17.7 Å². The number of β-amino-alcohol motifs (C(OH)–C–C–N with tert-alkyl or cyclic N) is 1. The van der Waals surface area contributed by atoms with E-state index in [9.17, 15) is 19.8 Å². The molecule has 0 bridgehead atoms. The summed E-state index contributed by atoms with van der Waals surface area (Å²) in [4.78, 5) is 30.4. The Morgan fingerprint density at radius 1 is 1.27 bits per heavy atom. The Morgan fingerprint density at radius 3 is 2.65 bits per heavy atom. The van der Waals surface area contributed by atoms with E-state index in [4.69, 9.17) is 4.74 Å². The van der Waals surface area contributed by atoms with Gasteiger partial charge in [-0.1, -0.05) is 0 Å². The lowest BCUT2D eigenvalue weighted by Gasteiger charge is -2.39. The zero-order valence-corrected chi connectivity index (χ0v) is 14.9. The standard InChI is InChI=1S/C18H23N3O5/c1-8-13(20-4-3-9(23)5-20)16(25)12-10(7-22)18(26-2)17-11(19-17)6-21(18)14(12)15(8)24/h9-11,17,19,22-23H,3-7H2,1-2H3. The van der Waals surface area contributed by atoms with Gasteiger partial charge in [-0.3, -0.25) is 9.59 Å². The number of Topliss-reactive ketones (excluding diaryl/α,β-unsaturated/α-hetero) is 2. The predicted octanol–water partition coefficient (Wildman–Crippen LogP) is -1.65. The number of fused-ring (bicyclic) bond motifs is 4. The van der Waals surface area contributed by atoms with Crippen molar-refractivity contribution in [2.45, 2.75) is 37.3 Å². The van der Waals surface area contributed by atoms with E-state index >= 15 is 0 Å². The van der Waals surface area contributed by atoms with Crippen LogP contribution in [0, 0.1) is 5.92 Å². The molecule has 0 aromatic heterocycles. The molecule has 3 saturated heterocycles. The molecule has 0 saturated carbocycles. The van der Waals surface area contributed by atoms with Crippen LogP contribution in [-0.4, -0.2) is 88.8 Å². The molecular formula is C18H23N3O5. The number of methoxy groups -OCH3 is 1. The third-order valence-corrected chi connectivity index (χ3v) is 6.67. The summed E-state index contributed by atoms with van der Waals surface area (Å²) >= 11 is 0. The number of aliphatic hydroxyl groups is 2. The van der Waals surface area contributed by atoms with Crippen molar-refractivity contribution in [2.24, 2.45) is 5.92 Å². The Kier molecular flexibility index (Phi) is 3.26. The van der Waals surface area contributed by atoms with Crippen molar-refractivity contribution < 1.29 is 24.5 Å². The minimum Gasteiger partial charge on any atom is -0.396 e. The van der Waals surface area contributed by atoms with E-state index in [1.54, 1.807) is 18.9 Å². The molecule has 0 spiro atoms. The molecule has 0 aromatic carbocycles. The van der Waals surface area contributed by atoms with Gasteiger partial charge in [-0.15, -0.1) is 0 Å². The first-order chi connectivity index (χ1) is 12.5. The second kappa shape index (κ2) is 5.16. The van der Waals surface area contributed by atoms with Crippen molar-refractivity contribution in [3.8, 4) is 0 Å². The SMILES string of the molecule is COC12C(CO)C3=C(C(=O)C(C)=C(N4CCC(O)C4)C3=O)N1CC1NC12. The van der Waals surface area contributed by atoms with Gasteiger partial charge in [-0.05, 0) is 13.3 Å². The molecule has 5 aliphatic rings. The number of aliphatic hydroxyl groups excluding tert-OH is 2. The molecule has 5 atom stereocenters. The Balaban J connectivity index is 1.61. The predicted molar refractivity (Wildman–Crippen MR) is 89.7 cm³/mol. The van der Waals surface area contributed by atoms with Crippen molar-refractivity contribution in [3.63, 3.8) is 0 Å². The van der Waals surface area contributed by atoms with Crippen LogP contribution in [0.1, 0.15) is 13.3 Å². The van der Waals surface area contributed by atoms with Crippen LogP contribution >= 0.6 is 0 Å². The third-order valence-electron chi connectivity index (χ3n) is 6.67. The summed E-state index contributed by atoms with van der Waals surface area (Å²) in [6, 6.07) is 0.230. The van der Waals surface area contributed by atoms with Gasteiger partial charge in [-0.25, -0.2) is 0 Å². The number of hydrogen-bond donors (Lipinski definition) is 3. The zero-order valence-electron chi connectivity index (χ0n) is 14.9. The Morgan fingerprint density at radius 2 is 2.04 bits per heavy atom. The van der Waals surface area contributed by atoms with E-state index in [0.29, 0.717) is 48.6 Å². The molecule has 5 rings (SSSR count). The van der Waals surface area contributed by atoms with Crippen LogP contribution < -0.4 is 5.32 Å². The molecule has 0 radical (unpaired) electrons. The topological polar surface area (TPSA) is 112 Å². The third kappa shape index (κ3) is 1.73. The lowest BCUT2D eigenvalue weighted by atomic mass is 9.82. The van der Waals surface area contributed by atoms with Gasteiger partial charge in [0.25, 0.3) is 0 Å². The first-order valence-electron chi connectivity index (χ1n) is 9.12. The van der Waals surface area contributed by atoms with E-state index in [1.165, 1.54) is 0 Å². The molecule has 4 heterocycles. The van der Waals surface area contributed by atoms with Gasteiger partial charge in [0.1, 0.15) is 0 Å². The van der Waals surface area contributed by atoms with Crippen LogP contribution in [0.3, 0.4) is 0 Å². The van der Waals surface area contributed by atoms with Crippen LogP contribution in [0.2, 0.25) is 0 Å². The van der Waals surface area contributed by atoms with Gasteiger partial charge in [0.15, 0.2) is 5.72 Å². The zero-order chi connectivity index (χ0) is 18.4. The maximum atomic E-state index is 13.4. The quantitative estimate of drug-likeness (QED) is 0.405. The van der Waals surface area contributed by atoms with E-state index in [2.05, 4.69) is 5.32 Å². The lowest BCUT2D eigenvalue weighted by molar-refractivity contribution is -0.137. The van der Waals surface area contributed by atoms with E-state index in [0.717, 1.165) is 0 Å². The fraction of sp³-hybridized carbons (Fsp3) is 0.667. The monoisotopic (exact) mass is 361 g/mol. The van der Waals surface area contributed by atoms with Gasteiger partial charge in [0.05, 0.1) is 36.1 Å². The molecule has 3 fully saturated rings. The van der Waals surface area contributed by atoms with Gasteiger partial charge in [0.2, 0.25) is 11.6 Å². The van der Waals surface area contributed by atoms with Crippen molar-refractivity contribution in [1.29, 1.82) is 0 Å². The summed E-state index contributed by atoms with van der Waals surface area (Å²) in [5, 5.41) is 23.3. The van der Waals surface area contributed by atoms with Crippen molar-refractivity contribution >= 4 is 11.6 Å². The van der Waals surface area contributed by atoms with Crippen molar-refractivity contribution in [1.82, 2.24) is 15.1 Å². The summed E-state index contributed by atoms with van der Waals surface area (Å²) < 4.78 is 5.87. The second-order valence-electron chi connectivity index (χ2n) is 7.84. The normalized spacial score (nSPS) is 41.2. The van der Waals surface area contributed by atoms with Crippen LogP contribution in [0.15, 0.2) is 22.5 Å². The minimum absolute atomic E-state index is 0.00761. The summed E-state index contributed by atoms with van der Waals surface area (Å²) in [5.41, 5.74) is 0.672. The number of ether oxygens (including phenoxy) is 1. The molecule has 8 heteroatoms. The minimum atomic E-state index is -0.879. The number of nitrogens with one attached hydrogen (secondary N) is 1. The maximum Gasteiger partial charge on any atom is 0.208 e. The number of carbonyl (C=O) groups excluding carboxylic acids is 2. The van der Waals surface area contributed by atoms with Crippen LogP contribution in [0.5, 0.6) is 0 Å². The largest absolute Gasteiger partial charge is 0.396 e.